The van der Waals surface area contributed by atoms with Gasteiger partial charge in [0.1, 0.15) is 17.2 Å². The summed E-state index contributed by atoms with van der Waals surface area (Å²) in [5.41, 5.74) is 4.60. The molecule has 0 aliphatic rings. The molecule has 0 heterocycles. The van der Waals surface area contributed by atoms with Crippen LogP contribution in [0.25, 0.3) is 0 Å². The second kappa shape index (κ2) is 14.7. The zero-order valence-corrected chi connectivity index (χ0v) is 24.8. The Balaban J connectivity index is 3.32. The molecule has 0 saturated heterocycles. The van der Waals surface area contributed by atoms with Crippen LogP contribution in [0.4, 0.5) is 14.4 Å². The van der Waals surface area contributed by atoms with Crippen LogP contribution in [0.1, 0.15) is 80.2 Å². The zero-order chi connectivity index (χ0) is 30.8. The van der Waals surface area contributed by atoms with E-state index in [9.17, 15) is 24.3 Å². The van der Waals surface area contributed by atoms with Gasteiger partial charge >= 0.3 is 24.4 Å². The summed E-state index contributed by atoms with van der Waals surface area (Å²) in [6.45, 7) is 15.5. The highest BCUT2D eigenvalue weighted by atomic mass is 16.8. The number of carboxylic acids is 1. The summed E-state index contributed by atoms with van der Waals surface area (Å²) < 4.78 is 31.2. The van der Waals surface area contributed by atoms with Gasteiger partial charge in [0.15, 0.2) is 11.5 Å². The number of rotatable bonds is 11. The van der Waals surface area contributed by atoms with Gasteiger partial charge in [-0.25, -0.2) is 14.4 Å². The van der Waals surface area contributed by atoms with E-state index in [1.165, 1.54) is 18.2 Å². The average molecular weight is 570 g/mol. The minimum absolute atomic E-state index is 0.177. The number of carboxylic acid groups (broad SMARTS) is 1. The number of nitrogens with two attached hydrogens (primary N) is 1. The number of carbonyl (C=O) groups is 4. The molecule has 1 aromatic carbocycles. The van der Waals surface area contributed by atoms with E-state index in [1.807, 2.05) is 13.8 Å². The minimum atomic E-state index is -1.43. The van der Waals surface area contributed by atoms with Crippen molar-refractivity contribution in [2.75, 3.05) is 13.2 Å². The number of aliphatic carboxylic acids is 1. The van der Waals surface area contributed by atoms with Crippen LogP contribution in [-0.2, 0) is 23.7 Å². The third-order valence-corrected chi connectivity index (χ3v) is 5.18. The Morgan fingerprint density at radius 2 is 1.35 bits per heavy atom. The van der Waals surface area contributed by atoms with Crippen molar-refractivity contribution in [3.05, 3.63) is 23.8 Å². The van der Waals surface area contributed by atoms with Gasteiger partial charge in [-0.15, -0.1) is 0 Å². The smallest absolute Gasteiger partial charge is 0.480 e. The lowest BCUT2D eigenvalue weighted by Crippen LogP contribution is -2.40. The average Bonchev–Trinajstić information content (AvgIpc) is 2.76. The van der Waals surface area contributed by atoms with Crippen molar-refractivity contribution in [3.63, 3.8) is 0 Å². The highest BCUT2D eigenvalue weighted by Crippen LogP contribution is 2.36. The molecule has 0 aliphatic heterocycles. The molecule has 1 aromatic rings. The number of hydrogen-bond acceptors (Lipinski definition) is 11. The van der Waals surface area contributed by atoms with E-state index in [0.29, 0.717) is 17.9 Å². The van der Waals surface area contributed by atoms with Gasteiger partial charge in [-0.2, -0.15) is 0 Å². The number of ether oxygens (including phenoxy) is 6. The molecule has 0 aromatic heterocycles. The van der Waals surface area contributed by atoms with Crippen LogP contribution in [-0.4, -0.2) is 60.0 Å². The lowest BCUT2D eigenvalue weighted by atomic mass is 9.82. The lowest BCUT2D eigenvalue weighted by Gasteiger charge is -2.28. The molecule has 2 unspecified atom stereocenters. The third kappa shape index (κ3) is 13.0. The molecule has 0 radical (unpaired) electrons. The van der Waals surface area contributed by atoms with E-state index < -0.39 is 53.5 Å². The first-order valence-electron chi connectivity index (χ1n) is 13.0. The van der Waals surface area contributed by atoms with Crippen molar-refractivity contribution in [3.8, 4) is 11.5 Å². The van der Waals surface area contributed by atoms with Crippen molar-refractivity contribution in [2.45, 2.75) is 91.9 Å². The van der Waals surface area contributed by atoms with Crippen molar-refractivity contribution in [2.24, 2.45) is 17.6 Å². The van der Waals surface area contributed by atoms with Gasteiger partial charge in [-0.3, -0.25) is 4.79 Å². The van der Waals surface area contributed by atoms with Crippen LogP contribution in [0.5, 0.6) is 11.5 Å². The summed E-state index contributed by atoms with van der Waals surface area (Å²) in [5.74, 6) is -2.91. The molecule has 3 atom stereocenters. The fourth-order valence-electron chi connectivity index (χ4n) is 3.38. The van der Waals surface area contributed by atoms with Crippen LogP contribution in [0.15, 0.2) is 18.2 Å². The molecule has 1 rings (SSSR count). The summed E-state index contributed by atoms with van der Waals surface area (Å²) in [5, 5.41) is 9.68. The summed E-state index contributed by atoms with van der Waals surface area (Å²) in [7, 11) is 0. The molecular formula is C28H43NO11. The second-order valence-electron chi connectivity index (χ2n) is 11.8. The number of carbonyl (C=O) groups excluding carboxylic acids is 3. The maximum absolute atomic E-state index is 12.5. The molecule has 0 fully saturated rings. The molecule has 226 valence electrons. The van der Waals surface area contributed by atoms with E-state index in [1.54, 1.807) is 48.5 Å². The van der Waals surface area contributed by atoms with Crippen molar-refractivity contribution in [1.29, 1.82) is 0 Å². The van der Waals surface area contributed by atoms with Crippen molar-refractivity contribution < 1.29 is 52.7 Å². The van der Waals surface area contributed by atoms with Crippen LogP contribution in [0, 0.1) is 11.8 Å². The van der Waals surface area contributed by atoms with Gasteiger partial charge in [0, 0.05) is 5.92 Å². The fraction of sp³-hybridized carbons (Fsp3) is 0.643. The second-order valence-corrected chi connectivity index (χ2v) is 11.8. The Kier molecular flexibility index (Phi) is 12.7. The van der Waals surface area contributed by atoms with Gasteiger partial charge in [0.2, 0.25) is 0 Å². The first-order valence-corrected chi connectivity index (χ1v) is 13.0. The van der Waals surface area contributed by atoms with Gasteiger partial charge in [0.25, 0.3) is 0 Å². The Morgan fingerprint density at radius 1 is 0.825 bits per heavy atom. The largest absolute Gasteiger partial charge is 0.514 e. The monoisotopic (exact) mass is 569 g/mol. The van der Waals surface area contributed by atoms with Gasteiger partial charge in [-0.05, 0) is 77.5 Å². The van der Waals surface area contributed by atoms with Crippen LogP contribution in [0.3, 0.4) is 0 Å². The normalized spacial score (nSPS) is 14.0. The summed E-state index contributed by atoms with van der Waals surface area (Å²) in [6, 6.07) is 2.66. The maximum atomic E-state index is 12.5. The third-order valence-electron chi connectivity index (χ3n) is 5.18. The topological polar surface area (TPSA) is 170 Å². The first kappa shape index (κ1) is 34.5. The predicted molar refractivity (Wildman–Crippen MR) is 144 cm³/mol. The van der Waals surface area contributed by atoms with Crippen LogP contribution < -0.4 is 15.2 Å². The van der Waals surface area contributed by atoms with E-state index in [2.05, 4.69) is 0 Å². The molecule has 0 aliphatic carbocycles. The molecule has 3 N–H and O–H groups in total. The van der Waals surface area contributed by atoms with Crippen LogP contribution >= 0.6 is 0 Å². The van der Waals surface area contributed by atoms with Crippen molar-refractivity contribution >= 4 is 24.4 Å². The molecule has 12 heteroatoms. The van der Waals surface area contributed by atoms with Gasteiger partial charge < -0.3 is 39.3 Å². The highest BCUT2D eigenvalue weighted by molar-refractivity contribution is 5.75. The summed E-state index contributed by atoms with van der Waals surface area (Å²) in [4.78, 5) is 48.6. The minimum Gasteiger partial charge on any atom is -0.480 e. The molecular weight excluding hydrogens is 526 g/mol. The fourth-order valence-corrected chi connectivity index (χ4v) is 3.38. The standard InChI is InChI=1S/C28H43NO11/c1-16(2)12-13-35-24(32)36-15-17(3)21(22(29)23(30)31)18-10-11-19(37-25(33)39-27(4,5)6)20(14-18)38-26(34)40-28(7,8)9/h10-11,14,16-17,21-22H,12-13,15,29H2,1-9H3,(H,30,31)/t17?,21?,22-/m0/s1. The van der Waals surface area contributed by atoms with Crippen LogP contribution in [0.2, 0.25) is 0 Å². The van der Waals surface area contributed by atoms with E-state index >= 15 is 0 Å². The zero-order valence-electron chi connectivity index (χ0n) is 24.8. The summed E-state index contributed by atoms with van der Waals surface area (Å²) in [6.07, 6.45) is -2.36. The number of benzene rings is 1. The quantitative estimate of drug-likeness (QED) is 0.191. The van der Waals surface area contributed by atoms with Gasteiger partial charge in [0.05, 0.1) is 13.2 Å². The number of hydrogen-bond donors (Lipinski definition) is 2. The molecule has 0 spiro atoms. The highest BCUT2D eigenvalue weighted by Gasteiger charge is 2.33. The molecule has 0 amide bonds. The van der Waals surface area contributed by atoms with Gasteiger partial charge in [-0.1, -0.05) is 26.8 Å². The molecule has 12 nitrogen and oxygen atoms in total. The first-order chi connectivity index (χ1) is 18.3. The molecule has 40 heavy (non-hydrogen) atoms. The lowest BCUT2D eigenvalue weighted by molar-refractivity contribution is -0.139. The molecule has 0 saturated carbocycles. The summed E-state index contributed by atoms with van der Waals surface area (Å²) >= 11 is 0. The Hall–Kier alpha value is -3.54. The van der Waals surface area contributed by atoms with E-state index in [4.69, 9.17) is 34.2 Å². The van der Waals surface area contributed by atoms with E-state index in [-0.39, 0.29) is 24.7 Å². The Labute approximate surface area is 235 Å². The van der Waals surface area contributed by atoms with E-state index in [0.717, 1.165) is 0 Å². The Bertz CT molecular complexity index is 1020. The Morgan fingerprint density at radius 3 is 1.82 bits per heavy atom. The predicted octanol–water partition coefficient (Wildman–Crippen LogP) is 5.65. The maximum Gasteiger partial charge on any atom is 0.514 e. The molecule has 0 bridgehead atoms. The SMILES string of the molecule is CC(C)CCOC(=O)OCC(C)C(c1ccc(OC(=O)OC(C)(C)C)c(OC(=O)OC(C)(C)C)c1)[C@H](N)C(=O)O. The van der Waals surface area contributed by atoms with Crippen molar-refractivity contribution in [1.82, 2.24) is 0 Å².